The summed E-state index contributed by atoms with van der Waals surface area (Å²) in [4.78, 5) is 23.9. The third kappa shape index (κ3) is 3.25. The van der Waals surface area contributed by atoms with E-state index in [1.807, 2.05) is 0 Å². The molecule has 0 aliphatic rings. The van der Waals surface area contributed by atoms with Crippen molar-refractivity contribution >= 4 is 11.8 Å². The van der Waals surface area contributed by atoms with Crippen molar-refractivity contribution in [2.24, 2.45) is 0 Å². The van der Waals surface area contributed by atoms with Crippen LogP contribution in [0.5, 0.6) is 11.5 Å². The molecule has 0 radical (unpaired) electrons. The molecule has 0 aliphatic heterocycles. The van der Waals surface area contributed by atoms with E-state index in [0.29, 0.717) is 29.0 Å². The van der Waals surface area contributed by atoms with Crippen LogP contribution < -0.4 is 4.74 Å². The molecule has 2 rings (SSSR count). The SMILES string of the molecule is CCOC(=O)c1ccc(C(=O)c2ccc(OC)c(O)c2)cc1. The first-order chi connectivity index (χ1) is 10.6. The predicted molar refractivity (Wildman–Crippen MR) is 80.5 cm³/mol. The highest BCUT2D eigenvalue weighted by Crippen LogP contribution is 2.27. The summed E-state index contributed by atoms with van der Waals surface area (Å²) in [7, 11) is 1.44. The lowest BCUT2D eigenvalue weighted by molar-refractivity contribution is 0.0526. The fourth-order valence-electron chi connectivity index (χ4n) is 1.97. The molecule has 5 heteroatoms. The largest absolute Gasteiger partial charge is 0.504 e. The van der Waals surface area contributed by atoms with E-state index in [-0.39, 0.29) is 11.5 Å². The monoisotopic (exact) mass is 300 g/mol. The molecule has 0 spiro atoms. The molecule has 0 aliphatic carbocycles. The molecule has 5 nitrogen and oxygen atoms in total. The molecule has 0 atom stereocenters. The Morgan fingerprint density at radius 1 is 1.00 bits per heavy atom. The van der Waals surface area contributed by atoms with Gasteiger partial charge in [-0.15, -0.1) is 0 Å². The maximum Gasteiger partial charge on any atom is 0.338 e. The van der Waals surface area contributed by atoms with Crippen molar-refractivity contribution in [1.82, 2.24) is 0 Å². The van der Waals surface area contributed by atoms with E-state index in [9.17, 15) is 14.7 Å². The minimum absolute atomic E-state index is 0.100. The second kappa shape index (κ2) is 6.76. The van der Waals surface area contributed by atoms with Gasteiger partial charge in [0.15, 0.2) is 17.3 Å². The Morgan fingerprint density at radius 3 is 2.14 bits per heavy atom. The van der Waals surface area contributed by atoms with Crippen LogP contribution in [-0.2, 0) is 4.74 Å². The van der Waals surface area contributed by atoms with Gasteiger partial charge >= 0.3 is 5.97 Å². The van der Waals surface area contributed by atoms with Gasteiger partial charge in [0.1, 0.15) is 0 Å². The number of hydrogen-bond acceptors (Lipinski definition) is 5. The minimum Gasteiger partial charge on any atom is -0.504 e. The molecule has 2 aromatic rings. The quantitative estimate of drug-likeness (QED) is 0.679. The Kier molecular flexibility index (Phi) is 4.78. The number of esters is 1. The van der Waals surface area contributed by atoms with Crippen LogP contribution >= 0.6 is 0 Å². The summed E-state index contributed by atoms with van der Waals surface area (Å²) >= 11 is 0. The Hall–Kier alpha value is -2.82. The van der Waals surface area contributed by atoms with Crippen LogP contribution in [0.3, 0.4) is 0 Å². The lowest BCUT2D eigenvalue weighted by atomic mass is 10.0. The van der Waals surface area contributed by atoms with Gasteiger partial charge in [-0.25, -0.2) is 4.79 Å². The summed E-state index contributed by atoms with van der Waals surface area (Å²) in [6.45, 7) is 2.02. The number of methoxy groups -OCH3 is 1. The van der Waals surface area contributed by atoms with Crippen LogP contribution in [0.2, 0.25) is 0 Å². The fraction of sp³-hybridized carbons (Fsp3) is 0.176. The second-order valence-electron chi connectivity index (χ2n) is 4.51. The van der Waals surface area contributed by atoms with Crippen LogP contribution in [0.25, 0.3) is 0 Å². The van der Waals surface area contributed by atoms with Crippen molar-refractivity contribution in [2.45, 2.75) is 6.92 Å². The molecule has 0 unspecified atom stereocenters. The first kappa shape index (κ1) is 15.6. The number of carbonyl (C=O) groups excluding carboxylic acids is 2. The Bertz CT molecular complexity index is 689. The van der Waals surface area contributed by atoms with Gasteiger partial charge in [0.05, 0.1) is 19.3 Å². The van der Waals surface area contributed by atoms with Gasteiger partial charge in [-0.05, 0) is 37.3 Å². The molecule has 22 heavy (non-hydrogen) atoms. The zero-order valence-electron chi connectivity index (χ0n) is 12.3. The molecule has 2 aromatic carbocycles. The highest BCUT2D eigenvalue weighted by atomic mass is 16.5. The van der Waals surface area contributed by atoms with Crippen LogP contribution in [-0.4, -0.2) is 30.6 Å². The smallest absolute Gasteiger partial charge is 0.338 e. The third-order valence-corrected chi connectivity index (χ3v) is 3.10. The number of carbonyl (C=O) groups is 2. The minimum atomic E-state index is -0.427. The van der Waals surface area contributed by atoms with Crippen molar-refractivity contribution in [3.8, 4) is 11.5 Å². The zero-order chi connectivity index (χ0) is 16.1. The molecule has 0 saturated heterocycles. The fourth-order valence-corrected chi connectivity index (χ4v) is 1.97. The van der Waals surface area contributed by atoms with Gasteiger partial charge in [-0.1, -0.05) is 12.1 Å². The van der Waals surface area contributed by atoms with Crippen LogP contribution in [0, 0.1) is 0 Å². The summed E-state index contributed by atoms with van der Waals surface area (Å²) in [5, 5.41) is 9.72. The van der Waals surface area contributed by atoms with Crippen molar-refractivity contribution in [3.63, 3.8) is 0 Å². The number of ketones is 1. The Morgan fingerprint density at radius 2 is 1.59 bits per heavy atom. The number of phenols is 1. The standard InChI is InChI=1S/C17H16O5/c1-3-22-17(20)12-6-4-11(5-7-12)16(19)13-8-9-15(21-2)14(18)10-13/h4-10,18H,3H2,1-2H3. The van der Waals surface area contributed by atoms with Gasteiger partial charge in [0.25, 0.3) is 0 Å². The lowest BCUT2D eigenvalue weighted by Gasteiger charge is -2.06. The van der Waals surface area contributed by atoms with E-state index in [0.717, 1.165) is 0 Å². The van der Waals surface area contributed by atoms with E-state index in [1.165, 1.54) is 31.4 Å². The number of phenolic OH excluding ortho intramolecular Hbond substituents is 1. The van der Waals surface area contributed by atoms with Crippen LogP contribution in [0.15, 0.2) is 42.5 Å². The Labute approximate surface area is 128 Å². The van der Waals surface area contributed by atoms with Gasteiger partial charge in [0.2, 0.25) is 0 Å². The van der Waals surface area contributed by atoms with Gasteiger partial charge < -0.3 is 14.6 Å². The highest BCUT2D eigenvalue weighted by molar-refractivity contribution is 6.09. The number of aromatic hydroxyl groups is 1. The summed E-state index contributed by atoms with van der Waals surface area (Å²) in [6, 6.07) is 10.6. The zero-order valence-corrected chi connectivity index (χ0v) is 12.3. The first-order valence-corrected chi connectivity index (χ1v) is 6.75. The van der Waals surface area contributed by atoms with E-state index >= 15 is 0 Å². The van der Waals surface area contributed by atoms with Crippen LogP contribution in [0.1, 0.15) is 33.2 Å². The molecular weight excluding hydrogens is 284 g/mol. The maximum absolute atomic E-state index is 12.3. The van der Waals surface area contributed by atoms with Crippen molar-refractivity contribution in [1.29, 1.82) is 0 Å². The average Bonchev–Trinajstić information content (AvgIpc) is 2.54. The van der Waals surface area contributed by atoms with E-state index < -0.39 is 5.97 Å². The number of benzene rings is 2. The molecule has 0 bridgehead atoms. The van der Waals surface area contributed by atoms with Gasteiger partial charge in [-0.3, -0.25) is 4.79 Å². The normalized spacial score (nSPS) is 10.1. The molecule has 0 amide bonds. The molecule has 114 valence electrons. The number of rotatable bonds is 5. The summed E-state index contributed by atoms with van der Waals surface area (Å²) in [5.74, 6) is -0.484. The molecule has 0 heterocycles. The molecule has 0 aromatic heterocycles. The van der Waals surface area contributed by atoms with Gasteiger partial charge in [-0.2, -0.15) is 0 Å². The number of ether oxygens (including phenoxy) is 2. The molecule has 1 N–H and O–H groups in total. The first-order valence-electron chi connectivity index (χ1n) is 6.75. The molecule has 0 saturated carbocycles. The molecular formula is C17H16O5. The molecule has 0 fully saturated rings. The maximum atomic E-state index is 12.3. The van der Waals surface area contributed by atoms with Crippen molar-refractivity contribution < 1.29 is 24.2 Å². The van der Waals surface area contributed by atoms with Crippen molar-refractivity contribution in [3.05, 3.63) is 59.2 Å². The Balaban J connectivity index is 2.23. The summed E-state index contributed by atoms with van der Waals surface area (Å²) < 4.78 is 9.82. The number of hydrogen-bond donors (Lipinski definition) is 1. The van der Waals surface area contributed by atoms with Crippen LogP contribution in [0.4, 0.5) is 0 Å². The average molecular weight is 300 g/mol. The van der Waals surface area contributed by atoms with Gasteiger partial charge in [0, 0.05) is 11.1 Å². The summed E-state index contributed by atoms with van der Waals surface area (Å²) in [6.07, 6.45) is 0. The van der Waals surface area contributed by atoms with Crippen molar-refractivity contribution in [2.75, 3.05) is 13.7 Å². The van der Waals surface area contributed by atoms with E-state index in [4.69, 9.17) is 9.47 Å². The van der Waals surface area contributed by atoms with E-state index in [2.05, 4.69) is 0 Å². The highest BCUT2D eigenvalue weighted by Gasteiger charge is 2.13. The second-order valence-corrected chi connectivity index (χ2v) is 4.51. The predicted octanol–water partition coefficient (Wildman–Crippen LogP) is 2.81. The topological polar surface area (TPSA) is 72.8 Å². The van der Waals surface area contributed by atoms with E-state index in [1.54, 1.807) is 25.1 Å². The lowest BCUT2D eigenvalue weighted by Crippen LogP contribution is -2.06. The summed E-state index contributed by atoms with van der Waals surface area (Å²) in [5.41, 5.74) is 1.13. The third-order valence-electron chi connectivity index (χ3n) is 3.10.